The van der Waals surface area contributed by atoms with Gasteiger partial charge in [-0.05, 0) is 17.2 Å². The van der Waals surface area contributed by atoms with E-state index >= 15 is 0 Å². The van der Waals surface area contributed by atoms with Crippen molar-refractivity contribution in [2.24, 2.45) is 0 Å². The van der Waals surface area contributed by atoms with Crippen LogP contribution in [-0.4, -0.2) is 17.9 Å². The van der Waals surface area contributed by atoms with Crippen LogP contribution in [0.15, 0.2) is 54.6 Å². The van der Waals surface area contributed by atoms with Gasteiger partial charge in [0, 0.05) is 18.5 Å². The maximum atomic E-state index is 12.2. The van der Waals surface area contributed by atoms with Crippen LogP contribution in [0.1, 0.15) is 21.5 Å². The molecular weight excluding hydrogens is 264 g/mol. The molecule has 0 aromatic heterocycles. The molecule has 1 heterocycles. The van der Waals surface area contributed by atoms with Crippen molar-refractivity contribution in [3.8, 4) is 0 Å². The third-order valence-corrected chi connectivity index (χ3v) is 3.62. The second-order valence-electron chi connectivity index (χ2n) is 5.09. The van der Waals surface area contributed by atoms with Gasteiger partial charge in [0.2, 0.25) is 5.91 Å². The Morgan fingerprint density at radius 2 is 1.81 bits per heavy atom. The lowest BCUT2D eigenvalue weighted by Crippen LogP contribution is -2.50. The first-order valence-electron chi connectivity index (χ1n) is 6.94. The summed E-state index contributed by atoms with van der Waals surface area (Å²) in [5, 5.41) is 5.62. The summed E-state index contributed by atoms with van der Waals surface area (Å²) in [6.07, 6.45) is 0.530. The van der Waals surface area contributed by atoms with Crippen LogP contribution in [0, 0.1) is 0 Å². The van der Waals surface area contributed by atoms with E-state index < -0.39 is 6.04 Å². The Hall–Kier alpha value is -2.62. The molecule has 0 fully saturated rings. The molecule has 1 unspecified atom stereocenters. The highest BCUT2D eigenvalue weighted by atomic mass is 16.2. The average molecular weight is 280 g/mol. The Balaban J connectivity index is 1.65. The number of hydrogen-bond acceptors (Lipinski definition) is 2. The van der Waals surface area contributed by atoms with E-state index in [1.54, 1.807) is 6.07 Å². The molecule has 21 heavy (non-hydrogen) atoms. The summed E-state index contributed by atoms with van der Waals surface area (Å²) < 4.78 is 0. The summed E-state index contributed by atoms with van der Waals surface area (Å²) in [5.41, 5.74) is 2.61. The fourth-order valence-corrected chi connectivity index (χ4v) is 2.49. The minimum atomic E-state index is -0.504. The normalized spacial score (nSPS) is 16.8. The SMILES string of the molecule is O=C1NC(C(=O)NCc2ccccc2)Cc2ccccc21. The largest absolute Gasteiger partial charge is 0.350 e. The van der Waals surface area contributed by atoms with Crippen molar-refractivity contribution in [1.82, 2.24) is 10.6 Å². The number of rotatable bonds is 3. The summed E-state index contributed by atoms with van der Waals surface area (Å²) in [6.45, 7) is 0.466. The van der Waals surface area contributed by atoms with Crippen LogP contribution in [0.5, 0.6) is 0 Å². The molecule has 106 valence electrons. The number of carbonyl (C=O) groups is 2. The third kappa shape index (κ3) is 2.94. The van der Waals surface area contributed by atoms with E-state index in [0.29, 0.717) is 18.5 Å². The fourth-order valence-electron chi connectivity index (χ4n) is 2.49. The number of amides is 2. The van der Waals surface area contributed by atoms with Crippen LogP contribution >= 0.6 is 0 Å². The molecule has 1 aliphatic rings. The minimum Gasteiger partial charge on any atom is -0.350 e. The van der Waals surface area contributed by atoms with Crippen molar-refractivity contribution in [3.63, 3.8) is 0 Å². The Morgan fingerprint density at radius 1 is 1.10 bits per heavy atom. The molecule has 1 aliphatic heterocycles. The van der Waals surface area contributed by atoms with Crippen LogP contribution < -0.4 is 10.6 Å². The predicted octanol–water partition coefficient (Wildman–Crippen LogP) is 1.66. The molecule has 0 saturated carbocycles. The van der Waals surface area contributed by atoms with Gasteiger partial charge in [-0.1, -0.05) is 48.5 Å². The lowest BCUT2D eigenvalue weighted by atomic mass is 9.95. The lowest BCUT2D eigenvalue weighted by molar-refractivity contribution is -0.123. The van der Waals surface area contributed by atoms with E-state index in [4.69, 9.17) is 0 Å². The van der Waals surface area contributed by atoms with Crippen LogP contribution in [0.25, 0.3) is 0 Å². The average Bonchev–Trinajstić information content (AvgIpc) is 2.53. The van der Waals surface area contributed by atoms with Gasteiger partial charge in [0.15, 0.2) is 0 Å². The summed E-state index contributed by atoms with van der Waals surface area (Å²) in [7, 11) is 0. The van der Waals surface area contributed by atoms with E-state index in [2.05, 4.69) is 10.6 Å². The van der Waals surface area contributed by atoms with Gasteiger partial charge >= 0.3 is 0 Å². The molecule has 3 rings (SSSR count). The number of benzene rings is 2. The van der Waals surface area contributed by atoms with Gasteiger partial charge < -0.3 is 10.6 Å². The maximum Gasteiger partial charge on any atom is 0.252 e. The predicted molar refractivity (Wildman–Crippen MR) is 79.7 cm³/mol. The van der Waals surface area contributed by atoms with Crippen molar-refractivity contribution in [2.45, 2.75) is 19.0 Å². The highest BCUT2D eigenvalue weighted by molar-refractivity contribution is 6.00. The molecule has 4 heteroatoms. The first-order valence-corrected chi connectivity index (χ1v) is 6.94. The maximum absolute atomic E-state index is 12.2. The van der Waals surface area contributed by atoms with E-state index in [9.17, 15) is 9.59 Å². The van der Waals surface area contributed by atoms with Gasteiger partial charge in [0.25, 0.3) is 5.91 Å². The Bertz CT molecular complexity index is 668. The molecule has 0 radical (unpaired) electrons. The van der Waals surface area contributed by atoms with Crippen LogP contribution in [0.2, 0.25) is 0 Å². The molecule has 2 aromatic rings. The van der Waals surface area contributed by atoms with E-state index in [0.717, 1.165) is 11.1 Å². The highest BCUT2D eigenvalue weighted by Gasteiger charge is 2.28. The molecule has 0 aliphatic carbocycles. The third-order valence-electron chi connectivity index (χ3n) is 3.62. The highest BCUT2D eigenvalue weighted by Crippen LogP contribution is 2.16. The summed E-state index contributed by atoms with van der Waals surface area (Å²) in [4.78, 5) is 24.2. The summed E-state index contributed by atoms with van der Waals surface area (Å²) >= 11 is 0. The quantitative estimate of drug-likeness (QED) is 0.898. The molecular formula is C17H16N2O2. The zero-order valence-corrected chi connectivity index (χ0v) is 11.5. The smallest absolute Gasteiger partial charge is 0.252 e. The molecule has 0 spiro atoms. The Morgan fingerprint density at radius 3 is 2.62 bits per heavy atom. The first kappa shape index (κ1) is 13.4. The number of hydrogen-bond donors (Lipinski definition) is 2. The second kappa shape index (κ2) is 5.79. The molecule has 2 aromatic carbocycles. The Kier molecular flexibility index (Phi) is 3.69. The molecule has 2 N–H and O–H groups in total. The van der Waals surface area contributed by atoms with Crippen molar-refractivity contribution in [1.29, 1.82) is 0 Å². The van der Waals surface area contributed by atoms with E-state index in [-0.39, 0.29) is 11.8 Å². The van der Waals surface area contributed by atoms with Crippen molar-refractivity contribution in [3.05, 3.63) is 71.3 Å². The van der Waals surface area contributed by atoms with Gasteiger partial charge in [-0.2, -0.15) is 0 Å². The lowest BCUT2D eigenvalue weighted by Gasteiger charge is -2.24. The Labute approximate surface area is 123 Å². The minimum absolute atomic E-state index is 0.151. The monoisotopic (exact) mass is 280 g/mol. The molecule has 4 nitrogen and oxygen atoms in total. The second-order valence-corrected chi connectivity index (χ2v) is 5.09. The zero-order valence-electron chi connectivity index (χ0n) is 11.5. The fraction of sp³-hybridized carbons (Fsp3) is 0.176. The van der Waals surface area contributed by atoms with Gasteiger partial charge in [-0.25, -0.2) is 0 Å². The number of nitrogens with one attached hydrogen (secondary N) is 2. The summed E-state index contributed by atoms with van der Waals surface area (Å²) in [6, 6.07) is 16.6. The molecule has 1 atom stereocenters. The van der Waals surface area contributed by atoms with Crippen molar-refractivity contribution in [2.75, 3.05) is 0 Å². The topological polar surface area (TPSA) is 58.2 Å². The zero-order chi connectivity index (χ0) is 14.7. The van der Waals surface area contributed by atoms with Gasteiger partial charge in [0.1, 0.15) is 6.04 Å². The van der Waals surface area contributed by atoms with Crippen LogP contribution in [0.4, 0.5) is 0 Å². The van der Waals surface area contributed by atoms with Crippen LogP contribution in [-0.2, 0) is 17.8 Å². The number of carbonyl (C=O) groups excluding carboxylic acids is 2. The van der Waals surface area contributed by atoms with E-state index in [1.165, 1.54) is 0 Å². The first-order chi connectivity index (χ1) is 10.2. The molecule has 2 amide bonds. The van der Waals surface area contributed by atoms with Crippen LogP contribution in [0.3, 0.4) is 0 Å². The van der Waals surface area contributed by atoms with Gasteiger partial charge in [-0.15, -0.1) is 0 Å². The standard InChI is InChI=1S/C17H16N2O2/c20-16-14-9-5-4-8-13(14)10-15(19-16)17(21)18-11-12-6-2-1-3-7-12/h1-9,15H,10-11H2,(H,18,21)(H,19,20). The van der Waals surface area contributed by atoms with E-state index in [1.807, 2.05) is 48.5 Å². The number of fused-ring (bicyclic) bond motifs is 1. The molecule has 0 bridgehead atoms. The van der Waals surface area contributed by atoms with Gasteiger partial charge in [-0.3, -0.25) is 9.59 Å². The summed E-state index contributed by atoms with van der Waals surface area (Å²) in [5.74, 6) is -0.335. The van der Waals surface area contributed by atoms with Crippen molar-refractivity contribution < 1.29 is 9.59 Å². The van der Waals surface area contributed by atoms with Gasteiger partial charge in [0.05, 0.1) is 0 Å². The van der Waals surface area contributed by atoms with Crippen molar-refractivity contribution >= 4 is 11.8 Å². The molecule has 0 saturated heterocycles.